The molecule has 0 fully saturated rings. The van der Waals surface area contributed by atoms with Crippen molar-refractivity contribution < 1.29 is 14.0 Å². The van der Waals surface area contributed by atoms with E-state index in [1.54, 1.807) is 6.92 Å². The summed E-state index contributed by atoms with van der Waals surface area (Å²) in [5, 5.41) is 0. The van der Waals surface area contributed by atoms with E-state index in [1.165, 1.54) is 0 Å². The number of hydrogen-bond acceptors (Lipinski definition) is 3. The summed E-state index contributed by atoms with van der Waals surface area (Å²) in [5.74, 6) is -0.413. The van der Waals surface area contributed by atoms with E-state index in [9.17, 15) is 4.79 Å². The third-order valence-electron chi connectivity index (χ3n) is 0.538. The minimum Gasteiger partial charge on any atom is -0.514 e. The SMILES string of the molecule is CCOCC(=O)O[Si]. The molecule has 0 heterocycles. The highest BCUT2D eigenvalue weighted by Crippen LogP contribution is 1.74. The second-order valence-electron chi connectivity index (χ2n) is 1.11. The van der Waals surface area contributed by atoms with Crippen LogP contribution in [0.15, 0.2) is 0 Å². The van der Waals surface area contributed by atoms with Crippen LogP contribution in [0, 0.1) is 0 Å². The Hall–Kier alpha value is -0.353. The molecule has 4 heteroatoms. The fraction of sp³-hybridized carbons (Fsp3) is 0.750. The zero-order valence-electron chi connectivity index (χ0n) is 4.64. The molecule has 0 spiro atoms. The summed E-state index contributed by atoms with van der Waals surface area (Å²) in [6.07, 6.45) is 0. The van der Waals surface area contributed by atoms with Crippen molar-refractivity contribution in [1.29, 1.82) is 0 Å². The van der Waals surface area contributed by atoms with Crippen LogP contribution in [0.2, 0.25) is 0 Å². The van der Waals surface area contributed by atoms with Crippen molar-refractivity contribution in [2.24, 2.45) is 0 Å². The van der Waals surface area contributed by atoms with Gasteiger partial charge in [-0.2, -0.15) is 0 Å². The fourth-order valence-corrected chi connectivity index (χ4v) is 0.274. The van der Waals surface area contributed by atoms with Gasteiger partial charge in [0.2, 0.25) is 0 Å². The van der Waals surface area contributed by atoms with Gasteiger partial charge in [0.25, 0.3) is 0 Å². The molecule has 0 atom stereocenters. The molecule has 3 radical (unpaired) electrons. The first kappa shape index (κ1) is 7.65. The summed E-state index contributed by atoms with van der Waals surface area (Å²) in [6.45, 7) is 2.35. The molecule has 0 N–H and O–H groups in total. The fourth-order valence-electron chi connectivity index (χ4n) is 0.215. The lowest BCUT2D eigenvalue weighted by Gasteiger charge is -1.96. The molecule has 0 unspecified atom stereocenters. The molecule has 0 saturated carbocycles. The third-order valence-corrected chi connectivity index (χ3v) is 0.766. The standard InChI is InChI=1S/C4H7O3Si/c1-2-6-3-4(5)7-8/h2-3H2,1H3. The lowest BCUT2D eigenvalue weighted by molar-refractivity contribution is -0.138. The highest BCUT2D eigenvalue weighted by Gasteiger charge is 1.95. The van der Waals surface area contributed by atoms with Crippen molar-refractivity contribution >= 4 is 16.5 Å². The van der Waals surface area contributed by atoms with Crippen LogP contribution >= 0.6 is 0 Å². The highest BCUT2D eigenvalue weighted by atomic mass is 28.2. The average Bonchev–Trinajstić information content (AvgIpc) is 1.83. The summed E-state index contributed by atoms with van der Waals surface area (Å²) in [5.41, 5.74) is 0. The first-order valence-electron chi connectivity index (χ1n) is 2.25. The molecular weight excluding hydrogens is 124 g/mol. The Morgan fingerprint density at radius 3 is 2.75 bits per heavy atom. The van der Waals surface area contributed by atoms with Crippen LogP contribution in [0.5, 0.6) is 0 Å². The van der Waals surface area contributed by atoms with Gasteiger partial charge in [-0.05, 0) is 6.92 Å². The van der Waals surface area contributed by atoms with Crippen LogP contribution in [-0.4, -0.2) is 29.7 Å². The van der Waals surface area contributed by atoms with Gasteiger partial charge < -0.3 is 9.16 Å². The van der Waals surface area contributed by atoms with E-state index in [0.29, 0.717) is 6.61 Å². The average molecular weight is 131 g/mol. The van der Waals surface area contributed by atoms with Gasteiger partial charge in [-0.15, -0.1) is 0 Å². The number of carbonyl (C=O) groups excluding carboxylic acids is 1. The van der Waals surface area contributed by atoms with E-state index >= 15 is 0 Å². The normalized spacial score (nSPS) is 8.75. The van der Waals surface area contributed by atoms with E-state index in [-0.39, 0.29) is 6.61 Å². The minimum absolute atomic E-state index is 0.0139. The molecule has 0 aliphatic rings. The molecule has 0 aromatic heterocycles. The molecule has 3 nitrogen and oxygen atoms in total. The van der Waals surface area contributed by atoms with Gasteiger partial charge in [-0.1, -0.05) is 0 Å². The monoisotopic (exact) mass is 131 g/mol. The Morgan fingerprint density at radius 1 is 1.75 bits per heavy atom. The number of rotatable bonds is 3. The van der Waals surface area contributed by atoms with E-state index in [2.05, 4.69) is 19.6 Å². The van der Waals surface area contributed by atoms with Gasteiger partial charge in [0.1, 0.15) is 6.61 Å². The van der Waals surface area contributed by atoms with Gasteiger partial charge in [0, 0.05) is 6.61 Å². The largest absolute Gasteiger partial charge is 0.514 e. The molecule has 0 rings (SSSR count). The predicted octanol–water partition coefficient (Wildman–Crippen LogP) is -0.350. The molecule has 45 valence electrons. The molecule has 0 amide bonds. The Balaban J connectivity index is 2.99. The molecule has 0 aliphatic heterocycles. The minimum atomic E-state index is -0.413. The zero-order valence-corrected chi connectivity index (χ0v) is 5.64. The second kappa shape index (κ2) is 4.80. The van der Waals surface area contributed by atoms with Crippen molar-refractivity contribution in [1.82, 2.24) is 0 Å². The first-order chi connectivity index (χ1) is 3.81. The molecule has 0 bridgehead atoms. The summed E-state index contributed by atoms with van der Waals surface area (Å²) in [4.78, 5) is 10.2. The van der Waals surface area contributed by atoms with Gasteiger partial charge in [0.05, 0.1) is 0 Å². The van der Waals surface area contributed by atoms with Gasteiger partial charge in [-0.25, -0.2) is 0 Å². The van der Waals surface area contributed by atoms with Crippen LogP contribution < -0.4 is 0 Å². The Labute approximate surface area is 51.5 Å². The maximum atomic E-state index is 10.2. The second-order valence-corrected chi connectivity index (χ2v) is 1.32. The maximum Gasteiger partial charge on any atom is 0.345 e. The lowest BCUT2D eigenvalue weighted by Crippen LogP contribution is -2.10. The number of carbonyl (C=O) groups is 1. The number of hydrogen-bond donors (Lipinski definition) is 0. The summed E-state index contributed by atoms with van der Waals surface area (Å²) in [6, 6.07) is 0. The first-order valence-corrected chi connectivity index (χ1v) is 2.66. The van der Waals surface area contributed by atoms with Crippen molar-refractivity contribution in [2.75, 3.05) is 13.2 Å². The Kier molecular flexibility index (Phi) is 4.59. The van der Waals surface area contributed by atoms with E-state index in [4.69, 9.17) is 0 Å². The lowest BCUT2D eigenvalue weighted by atomic mass is 10.7. The molecular formula is C4H7O3Si. The van der Waals surface area contributed by atoms with Gasteiger partial charge >= 0.3 is 16.5 Å². The van der Waals surface area contributed by atoms with Crippen LogP contribution in [0.4, 0.5) is 0 Å². The van der Waals surface area contributed by atoms with E-state index < -0.39 is 5.97 Å². The molecule has 0 saturated heterocycles. The van der Waals surface area contributed by atoms with Crippen molar-refractivity contribution in [3.05, 3.63) is 0 Å². The molecule has 8 heavy (non-hydrogen) atoms. The quantitative estimate of drug-likeness (QED) is 0.491. The number of ether oxygens (including phenoxy) is 1. The van der Waals surface area contributed by atoms with Crippen molar-refractivity contribution in [3.8, 4) is 0 Å². The van der Waals surface area contributed by atoms with Crippen LogP contribution in [0.3, 0.4) is 0 Å². The predicted molar refractivity (Wildman–Crippen MR) is 28.3 cm³/mol. The van der Waals surface area contributed by atoms with E-state index in [0.717, 1.165) is 0 Å². The smallest absolute Gasteiger partial charge is 0.345 e. The Morgan fingerprint density at radius 2 is 2.38 bits per heavy atom. The summed E-state index contributed by atoms with van der Waals surface area (Å²) >= 11 is 0. The maximum absolute atomic E-state index is 10.2. The summed E-state index contributed by atoms with van der Waals surface area (Å²) in [7, 11) is 2.56. The Bertz CT molecular complexity index is 73.7. The molecule has 0 aliphatic carbocycles. The zero-order chi connectivity index (χ0) is 6.41. The molecule has 0 aromatic rings. The van der Waals surface area contributed by atoms with Crippen LogP contribution in [0.25, 0.3) is 0 Å². The third kappa shape index (κ3) is 3.82. The van der Waals surface area contributed by atoms with E-state index in [1.807, 2.05) is 0 Å². The van der Waals surface area contributed by atoms with Gasteiger partial charge in [0.15, 0.2) is 0 Å². The van der Waals surface area contributed by atoms with Crippen molar-refractivity contribution in [3.63, 3.8) is 0 Å². The highest BCUT2D eigenvalue weighted by molar-refractivity contribution is 6.05. The molecule has 0 aromatic carbocycles. The summed E-state index contributed by atoms with van der Waals surface area (Å²) < 4.78 is 8.77. The topological polar surface area (TPSA) is 35.5 Å². The van der Waals surface area contributed by atoms with Crippen LogP contribution in [-0.2, 0) is 14.0 Å². The van der Waals surface area contributed by atoms with Gasteiger partial charge in [-0.3, -0.25) is 4.79 Å². The van der Waals surface area contributed by atoms with Crippen molar-refractivity contribution in [2.45, 2.75) is 6.92 Å². The van der Waals surface area contributed by atoms with Crippen LogP contribution in [0.1, 0.15) is 6.92 Å².